The molecular formula is C16H13N7O2. The number of para-hydroxylation sites is 2. The second-order valence-electron chi connectivity index (χ2n) is 5.57. The summed E-state index contributed by atoms with van der Waals surface area (Å²) in [5.41, 5.74) is 2.73. The topological polar surface area (TPSA) is 105 Å². The van der Waals surface area contributed by atoms with Crippen LogP contribution in [0.5, 0.6) is 0 Å². The number of hydrogen-bond acceptors (Lipinski definition) is 6. The van der Waals surface area contributed by atoms with Crippen molar-refractivity contribution in [2.45, 2.75) is 13.8 Å². The summed E-state index contributed by atoms with van der Waals surface area (Å²) in [6.07, 6.45) is 2.81. The fourth-order valence-corrected chi connectivity index (χ4v) is 2.83. The van der Waals surface area contributed by atoms with Crippen LogP contribution in [0, 0.1) is 24.0 Å². The Morgan fingerprint density at radius 1 is 1.08 bits per heavy atom. The van der Waals surface area contributed by atoms with E-state index in [1.807, 2.05) is 44.2 Å². The lowest BCUT2D eigenvalue weighted by atomic mass is 10.3. The number of aryl methyl sites for hydroxylation is 2. The summed E-state index contributed by atoms with van der Waals surface area (Å²) in [6.45, 7) is 3.64. The van der Waals surface area contributed by atoms with Crippen molar-refractivity contribution in [1.29, 1.82) is 0 Å². The Morgan fingerprint density at radius 3 is 2.56 bits per heavy atom. The lowest BCUT2D eigenvalue weighted by Gasteiger charge is -2.08. The maximum absolute atomic E-state index is 11.8. The van der Waals surface area contributed by atoms with Gasteiger partial charge in [-0.2, -0.15) is 5.10 Å². The molecule has 4 aromatic rings. The van der Waals surface area contributed by atoms with E-state index in [0.717, 1.165) is 22.4 Å². The fourth-order valence-electron chi connectivity index (χ4n) is 2.83. The quantitative estimate of drug-likeness (QED) is 0.421. The van der Waals surface area contributed by atoms with E-state index in [9.17, 15) is 10.1 Å². The van der Waals surface area contributed by atoms with Crippen molar-refractivity contribution in [3.8, 4) is 11.6 Å². The highest BCUT2D eigenvalue weighted by Crippen LogP contribution is 2.29. The van der Waals surface area contributed by atoms with Crippen LogP contribution in [0.25, 0.3) is 22.7 Å². The van der Waals surface area contributed by atoms with Crippen molar-refractivity contribution in [3.63, 3.8) is 0 Å². The van der Waals surface area contributed by atoms with Crippen LogP contribution in [-0.2, 0) is 0 Å². The maximum Gasteiger partial charge on any atom is 0.356 e. The Bertz CT molecular complexity index is 1110. The Balaban J connectivity index is 2.03. The van der Waals surface area contributed by atoms with Crippen LogP contribution in [-0.4, -0.2) is 34.2 Å². The van der Waals surface area contributed by atoms with E-state index in [2.05, 4.69) is 20.1 Å². The number of fused-ring (bicyclic) bond motifs is 1. The standard InChI is InChI=1S/C16H13N7O2/c1-10-7-11(2)22(20-10)16-14(23(24)25)15(17-8-18-16)21-9-19-12-5-3-4-6-13(12)21/h3-9H,1-2H3. The molecule has 0 aliphatic rings. The molecule has 25 heavy (non-hydrogen) atoms. The number of hydrogen-bond donors (Lipinski definition) is 0. The zero-order valence-corrected chi connectivity index (χ0v) is 13.5. The minimum Gasteiger partial charge on any atom is -0.277 e. The van der Waals surface area contributed by atoms with Gasteiger partial charge in [0, 0.05) is 5.69 Å². The van der Waals surface area contributed by atoms with Crippen LogP contribution in [0.4, 0.5) is 5.69 Å². The average Bonchev–Trinajstić information content (AvgIpc) is 3.16. The third-order valence-corrected chi connectivity index (χ3v) is 3.86. The molecule has 0 aliphatic heterocycles. The van der Waals surface area contributed by atoms with Gasteiger partial charge in [0.25, 0.3) is 0 Å². The Morgan fingerprint density at radius 2 is 1.84 bits per heavy atom. The van der Waals surface area contributed by atoms with Gasteiger partial charge in [0.05, 0.1) is 21.7 Å². The summed E-state index contributed by atoms with van der Waals surface area (Å²) >= 11 is 0. The van der Waals surface area contributed by atoms with E-state index in [1.54, 1.807) is 4.57 Å². The molecule has 0 saturated carbocycles. The maximum atomic E-state index is 11.8. The van der Waals surface area contributed by atoms with Crippen molar-refractivity contribution in [3.05, 3.63) is 64.5 Å². The van der Waals surface area contributed by atoms with Gasteiger partial charge in [-0.1, -0.05) is 12.1 Å². The van der Waals surface area contributed by atoms with Gasteiger partial charge < -0.3 is 0 Å². The molecule has 9 heteroatoms. The predicted molar refractivity (Wildman–Crippen MR) is 89.9 cm³/mol. The normalized spacial score (nSPS) is 11.1. The third kappa shape index (κ3) is 2.33. The molecule has 0 saturated heterocycles. The Kier molecular flexibility index (Phi) is 3.27. The van der Waals surface area contributed by atoms with E-state index >= 15 is 0 Å². The SMILES string of the molecule is Cc1cc(C)n(-c2ncnc(-n3cnc4ccccc43)c2[N+](=O)[O-])n1. The van der Waals surface area contributed by atoms with Crippen LogP contribution in [0.15, 0.2) is 43.0 Å². The lowest BCUT2D eigenvalue weighted by Crippen LogP contribution is -2.11. The number of rotatable bonds is 3. The highest BCUT2D eigenvalue weighted by atomic mass is 16.6. The van der Waals surface area contributed by atoms with E-state index in [-0.39, 0.29) is 17.3 Å². The Labute approximate surface area is 141 Å². The van der Waals surface area contributed by atoms with Gasteiger partial charge in [0.15, 0.2) is 0 Å². The zero-order chi connectivity index (χ0) is 17.6. The molecule has 0 aliphatic carbocycles. The number of nitro groups is 1. The second-order valence-corrected chi connectivity index (χ2v) is 5.57. The summed E-state index contributed by atoms with van der Waals surface area (Å²) in [6, 6.07) is 9.20. The molecule has 0 fully saturated rings. The first-order valence-electron chi connectivity index (χ1n) is 7.52. The first-order chi connectivity index (χ1) is 12.1. The zero-order valence-electron chi connectivity index (χ0n) is 13.5. The molecule has 0 atom stereocenters. The minimum absolute atomic E-state index is 0.124. The van der Waals surface area contributed by atoms with Crippen LogP contribution < -0.4 is 0 Å². The summed E-state index contributed by atoms with van der Waals surface area (Å²) in [7, 11) is 0. The van der Waals surface area contributed by atoms with E-state index in [0.29, 0.717) is 0 Å². The van der Waals surface area contributed by atoms with Crippen LogP contribution in [0.1, 0.15) is 11.4 Å². The van der Waals surface area contributed by atoms with Crippen molar-refractivity contribution < 1.29 is 4.92 Å². The van der Waals surface area contributed by atoms with Gasteiger partial charge in [-0.05, 0) is 32.0 Å². The van der Waals surface area contributed by atoms with Crippen molar-refractivity contribution in [2.24, 2.45) is 0 Å². The largest absolute Gasteiger partial charge is 0.356 e. The molecular weight excluding hydrogens is 322 g/mol. The van der Waals surface area contributed by atoms with Crippen LogP contribution in [0.2, 0.25) is 0 Å². The molecule has 124 valence electrons. The first-order valence-corrected chi connectivity index (χ1v) is 7.52. The summed E-state index contributed by atoms with van der Waals surface area (Å²) in [5.74, 6) is 0.273. The predicted octanol–water partition coefficient (Wildman–Crippen LogP) is 2.53. The van der Waals surface area contributed by atoms with E-state index in [4.69, 9.17) is 0 Å². The minimum atomic E-state index is -0.490. The molecule has 3 heterocycles. The summed E-state index contributed by atoms with van der Waals surface area (Å²) in [5, 5.41) is 16.1. The van der Waals surface area contributed by atoms with Gasteiger partial charge in [0.2, 0.25) is 11.6 Å². The van der Waals surface area contributed by atoms with Gasteiger partial charge >= 0.3 is 5.69 Å². The number of nitrogens with zero attached hydrogens (tertiary/aromatic N) is 7. The highest BCUT2D eigenvalue weighted by Gasteiger charge is 2.27. The van der Waals surface area contributed by atoms with Gasteiger partial charge in [-0.15, -0.1) is 0 Å². The van der Waals surface area contributed by atoms with Crippen LogP contribution in [0.3, 0.4) is 0 Å². The monoisotopic (exact) mass is 335 g/mol. The molecule has 0 spiro atoms. The highest BCUT2D eigenvalue weighted by molar-refractivity contribution is 5.78. The first kappa shape index (κ1) is 14.9. The summed E-state index contributed by atoms with van der Waals surface area (Å²) < 4.78 is 3.04. The molecule has 0 N–H and O–H groups in total. The molecule has 4 rings (SSSR count). The van der Waals surface area contributed by atoms with E-state index in [1.165, 1.54) is 17.3 Å². The van der Waals surface area contributed by atoms with Crippen molar-refractivity contribution in [1.82, 2.24) is 29.3 Å². The van der Waals surface area contributed by atoms with E-state index < -0.39 is 4.92 Å². The number of aromatic nitrogens is 6. The molecule has 1 aromatic carbocycles. The molecule has 3 aromatic heterocycles. The van der Waals surface area contributed by atoms with Crippen LogP contribution >= 0.6 is 0 Å². The smallest absolute Gasteiger partial charge is 0.277 e. The van der Waals surface area contributed by atoms with Crippen molar-refractivity contribution in [2.75, 3.05) is 0 Å². The van der Waals surface area contributed by atoms with Gasteiger partial charge in [0.1, 0.15) is 12.7 Å². The molecule has 0 amide bonds. The van der Waals surface area contributed by atoms with Crippen molar-refractivity contribution >= 4 is 16.7 Å². The molecule has 0 unspecified atom stereocenters. The van der Waals surface area contributed by atoms with Gasteiger partial charge in [-0.3, -0.25) is 14.7 Å². The lowest BCUT2D eigenvalue weighted by molar-refractivity contribution is -0.384. The summed E-state index contributed by atoms with van der Waals surface area (Å²) in [4.78, 5) is 23.9. The average molecular weight is 335 g/mol. The molecule has 0 radical (unpaired) electrons. The number of benzene rings is 1. The second kappa shape index (κ2) is 5.48. The third-order valence-electron chi connectivity index (χ3n) is 3.86. The fraction of sp³-hybridized carbons (Fsp3) is 0.125. The number of imidazole rings is 1. The molecule has 0 bridgehead atoms. The molecule has 9 nitrogen and oxygen atoms in total. The Hall–Kier alpha value is -3.62. The van der Waals surface area contributed by atoms with Gasteiger partial charge in [-0.25, -0.2) is 19.6 Å².